The molecule has 0 spiro atoms. The van der Waals surface area contributed by atoms with Gasteiger partial charge in [0, 0.05) is 24.8 Å². The molecule has 1 saturated heterocycles. The molecule has 0 N–H and O–H groups in total. The summed E-state index contributed by atoms with van der Waals surface area (Å²) in [5, 5.41) is 0. The fraction of sp³-hybridized carbons (Fsp3) is 0.300. The van der Waals surface area contributed by atoms with E-state index in [2.05, 4.69) is 4.98 Å². The number of oxazole rings is 1. The monoisotopic (exact) mass is 399 g/mol. The second-order valence-corrected chi connectivity index (χ2v) is 8.71. The lowest BCUT2D eigenvalue weighted by atomic mass is 10.2. The molecule has 3 aromatic rings. The lowest BCUT2D eigenvalue weighted by molar-refractivity contribution is 0.475. The molecule has 1 aliphatic heterocycles. The van der Waals surface area contributed by atoms with Crippen molar-refractivity contribution < 1.29 is 12.8 Å². The molecule has 1 fully saturated rings. The molecule has 0 unspecified atom stereocenters. The number of rotatable bonds is 5. The third-order valence-corrected chi connectivity index (χ3v) is 6.81. The zero-order valence-corrected chi connectivity index (χ0v) is 16.4. The molecule has 8 heteroatoms. The molecule has 28 heavy (non-hydrogen) atoms. The van der Waals surface area contributed by atoms with Crippen molar-refractivity contribution in [3.05, 3.63) is 70.5 Å². The maximum atomic E-state index is 12.9. The van der Waals surface area contributed by atoms with Gasteiger partial charge in [0.05, 0.1) is 6.54 Å². The largest absolute Gasteiger partial charge is 0.441 e. The van der Waals surface area contributed by atoms with E-state index in [4.69, 9.17) is 4.42 Å². The zero-order chi connectivity index (χ0) is 19.7. The van der Waals surface area contributed by atoms with E-state index >= 15 is 0 Å². The average molecular weight is 399 g/mol. The molecule has 0 aliphatic carbocycles. The predicted octanol–water partition coefficient (Wildman–Crippen LogP) is 2.64. The number of benzene rings is 1. The third-order valence-electron chi connectivity index (χ3n) is 4.90. The summed E-state index contributed by atoms with van der Waals surface area (Å²) in [5.74, 6) is 1.07. The van der Waals surface area contributed by atoms with Gasteiger partial charge < -0.3 is 8.98 Å². The van der Waals surface area contributed by atoms with Crippen LogP contribution in [0.15, 0.2) is 62.8 Å². The van der Waals surface area contributed by atoms with Gasteiger partial charge in [-0.15, -0.1) is 0 Å². The van der Waals surface area contributed by atoms with Gasteiger partial charge in [-0.1, -0.05) is 18.2 Å². The van der Waals surface area contributed by atoms with Crippen LogP contribution in [-0.2, 0) is 16.6 Å². The van der Waals surface area contributed by atoms with Crippen LogP contribution in [0.2, 0.25) is 0 Å². The standard InChI is InChI=1S/C20H21N3O4S/c1-15-17(21-19(27-15)16-8-3-2-4-9-16)14-22-11-7-10-18(20(22)24)28(25,26)23-12-5-6-13-23/h2-4,7-11H,5-6,12-14H2,1H3. The number of sulfonamides is 1. The molecular weight excluding hydrogens is 378 g/mol. The van der Waals surface area contributed by atoms with Gasteiger partial charge in [0.1, 0.15) is 16.3 Å². The molecule has 146 valence electrons. The maximum Gasteiger partial charge on any atom is 0.271 e. The summed E-state index contributed by atoms with van der Waals surface area (Å²) in [6, 6.07) is 12.4. The highest BCUT2D eigenvalue weighted by Gasteiger charge is 2.30. The van der Waals surface area contributed by atoms with Gasteiger partial charge in [0.15, 0.2) is 0 Å². The minimum Gasteiger partial charge on any atom is -0.441 e. The van der Waals surface area contributed by atoms with Crippen molar-refractivity contribution in [2.75, 3.05) is 13.1 Å². The third kappa shape index (κ3) is 3.41. The van der Waals surface area contributed by atoms with E-state index in [0.717, 1.165) is 18.4 Å². The first-order chi connectivity index (χ1) is 13.5. The highest BCUT2D eigenvalue weighted by atomic mass is 32.2. The highest BCUT2D eigenvalue weighted by molar-refractivity contribution is 7.89. The Morgan fingerprint density at radius 3 is 2.50 bits per heavy atom. The van der Waals surface area contributed by atoms with E-state index in [-0.39, 0.29) is 11.4 Å². The number of hydrogen-bond acceptors (Lipinski definition) is 5. The molecule has 2 aromatic heterocycles. The van der Waals surface area contributed by atoms with Crippen LogP contribution in [-0.4, -0.2) is 35.4 Å². The van der Waals surface area contributed by atoms with Crippen LogP contribution in [0.4, 0.5) is 0 Å². The van der Waals surface area contributed by atoms with E-state index in [1.807, 2.05) is 30.3 Å². The number of hydrogen-bond donors (Lipinski definition) is 0. The van der Waals surface area contributed by atoms with Crippen LogP contribution in [0.3, 0.4) is 0 Å². The van der Waals surface area contributed by atoms with E-state index in [9.17, 15) is 13.2 Å². The fourth-order valence-corrected chi connectivity index (χ4v) is 4.95. The Labute approximate surface area is 163 Å². The molecule has 1 aliphatic rings. The second-order valence-electron chi connectivity index (χ2n) is 6.80. The van der Waals surface area contributed by atoms with Crippen molar-refractivity contribution in [2.24, 2.45) is 0 Å². The van der Waals surface area contributed by atoms with Crippen molar-refractivity contribution in [1.29, 1.82) is 0 Å². The molecule has 1 aromatic carbocycles. The van der Waals surface area contributed by atoms with Crippen molar-refractivity contribution in [3.8, 4) is 11.5 Å². The van der Waals surface area contributed by atoms with E-state index in [1.165, 1.54) is 14.9 Å². The summed E-state index contributed by atoms with van der Waals surface area (Å²) in [7, 11) is -3.78. The fourth-order valence-electron chi connectivity index (χ4n) is 3.34. The lowest BCUT2D eigenvalue weighted by Gasteiger charge is -2.15. The van der Waals surface area contributed by atoms with Crippen LogP contribution in [0.1, 0.15) is 24.3 Å². The van der Waals surface area contributed by atoms with Crippen LogP contribution in [0.25, 0.3) is 11.5 Å². The number of aryl methyl sites for hydroxylation is 1. The summed E-state index contributed by atoms with van der Waals surface area (Å²) in [6.45, 7) is 2.84. The Kier molecular flexibility index (Phi) is 4.91. The topological polar surface area (TPSA) is 85.4 Å². The quantitative estimate of drug-likeness (QED) is 0.658. The molecule has 0 atom stereocenters. The zero-order valence-electron chi connectivity index (χ0n) is 15.5. The predicted molar refractivity (Wildman–Crippen MR) is 104 cm³/mol. The van der Waals surface area contributed by atoms with Gasteiger partial charge >= 0.3 is 0 Å². The SMILES string of the molecule is Cc1oc(-c2ccccc2)nc1Cn1cccc(S(=O)(=O)N2CCCC2)c1=O. The van der Waals surface area contributed by atoms with E-state index < -0.39 is 15.6 Å². The first-order valence-electron chi connectivity index (χ1n) is 9.18. The maximum absolute atomic E-state index is 12.9. The molecule has 0 radical (unpaired) electrons. The van der Waals surface area contributed by atoms with Crippen molar-refractivity contribution >= 4 is 10.0 Å². The summed E-state index contributed by atoms with van der Waals surface area (Å²) in [5.41, 5.74) is 0.893. The Morgan fingerprint density at radius 2 is 1.79 bits per heavy atom. The minimum atomic E-state index is -3.78. The summed E-state index contributed by atoms with van der Waals surface area (Å²) in [4.78, 5) is 17.2. The summed E-state index contributed by atoms with van der Waals surface area (Å²) in [6.07, 6.45) is 3.21. The lowest BCUT2D eigenvalue weighted by Crippen LogP contribution is -2.34. The molecule has 7 nitrogen and oxygen atoms in total. The average Bonchev–Trinajstić information content (AvgIpc) is 3.35. The minimum absolute atomic E-state index is 0.143. The van der Waals surface area contributed by atoms with Crippen LogP contribution >= 0.6 is 0 Å². The number of aromatic nitrogens is 2. The van der Waals surface area contributed by atoms with Crippen molar-refractivity contribution in [2.45, 2.75) is 31.2 Å². The highest BCUT2D eigenvalue weighted by Crippen LogP contribution is 2.22. The van der Waals surface area contributed by atoms with Gasteiger partial charge in [0.25, 0.3) is 5.56 Å². The van der Waals surface area contributed by atoms with Crippen LogP contribution < -0.4 is 5.56 Å². The number of nitrogens with zero attached hydrogens (tertiary/aromatic N) is 3. The molecule has 4 rings (SSSR count). The summed E-state index contributed by atoms with van der Waals surface area (Å²) < 4.78 is 34.1. The van der Waals surface area contributed by atoms with Crippen LogP contribution in [0, 0.1) is 6.92 Å². The first-order valence-corrected chi connectivity index (χ1v) is 10.6. The van der Waals surface area contributed by atoms with Gasteiger partial charge in [0.2, 0.25) is 15.9 Å². The number of pyridine rings is 1. The Bertz CT molecular complexity index is 1140. The Morgan fingerprint density at radius 1 is 1.07 bits per heavy atom. The van der Waals surface area contributed by atoms with E-state index in [1.54, 1.807) is 19.2 Å². The van der Waals surface area contributed by atoms with Crippen molar-refractivity contribution in [1.82, 2.24) is 13.9 Å². The Balaban J connectivity index is 1.67. The smallest absolute Gasteiger partial charge is 0.271 e. The molecule has 0 bridgehead atoms. The molecule has 3 heterocycles. The van der Waals surface area contributed by atoms with Gasteiger partial charge in [-0.25, -0.2) is 13.4 Å². The van der Waals surface area contributed by atoms with Crippen molar-refractivity contribution in [3.63, 3.8) is 0 Å². The van der Waals surface area contributed by atoms with Gasteiger partial charge in [-0.05, 0) is 44.0 Å². The summed E-state index contributed by atoms with van der Waals surface area (Å²) >= 11 is 0. The van der Waals surface area contributed by atoms with Gasteiger partial charge in [-0.2, -0.15) is 4.31 Å². The first kappa shape index (κ1) is 18.6. The molecule has 0 amide bonds. The normalized spacial score (nSPS) is 15.2. The Hall–Kier alpha value is -2.71. The van der Waals surface area contributed by atoms with E-state index in [0.29, 0.717) is 30.4 Å². The van der Waals surface area contributed by atoms with Crippen LogP contribution in [0.5, 0.6) is 0 Å². The molecule has 0 saturated carbocycles. The van der Waals surface area contributed by atoms with Gasteiger partial charge in [-0.3, -0.25) is 4.79 Å². The second kappa shape index (κ2) is 7.37. The molecular formula is C20H21N3O4S.